The van der Waals surface area contributed by atoms with E-state index in [4.69, 9.17) is 23.7 Å². The highest BCUT2D eigenvalue weighted by molar-refractivity contribution is 5.73. The molecule has 17 atom stereocenters. The van der Waals surface area contributed by atoms with Gasteiger partial charge in [-0.25, -0.2) is 0 Å². The fourth-order valence-electron chi connectivity index (χ4n) is 18.6. The van der Waals surface area contributed by atoms with Gasteiger partial charge >= 0.3 is 5.97 Å². The Morgan fingerprint density at radius 1 is 0.348 bits per heavy atom. The van der Waals surface area contributed by atoms with Crippen LogP contribution >= 0.6 is 0 Å². The first-order valence-corrected chi connectivity index (χ1v) is 49.8. The molecule has 0 radical (unpaired) electrons. The highest BCUT2D eigenvalue weighted by Crippen LogP contribution is 2.49. The van der Waals surface area contributed by atoms with Crippen LogP contribution in [0.1, 0.15) is 496 Å². The van der Waals surface area contributed by atoms with Gasteiger partial charge in [0.2, 0.25) is 0 Å². The minimum absolute atomic E-state index is 0.450. The third kappa shape index (κ3) is 53.6. The number of hydrogen-bond donors (Lipinski definition) is 8. The van der Waals surface area contributed by atoms with E-state index in [9.17, 15) is 45.6 Å². The van der Waals surface area contributed by atoms with Gasteiger partial charge in [-0.15, -0.1) is 0 Å². The third-order valence-corrected chi connectivity index (χ3v) is 26.7. The van der Waals surface area contributed by atoms with Gasteiger partial charge in [0.15, 0.2) is 12.6 Å². The Hall–Kier alpha value is -1.01. The van der Waals surface area contributed by atoms with E-state index in [0.29, 0.717) is 24.9 Å². The SMILES string of the molecule is CCCCCCCCCCCCCCCCCCCCCCCCCCC(C(=O)OC[C@H]1O[C@H](O[C@H]2O[C@H](CO)[C@@H](O)[C@H](O)[C@H]2O)[C@H](O)[C@@H](O)[C@@H]1O)[C@H](O)CCCCCCCCCCCCCCCC1CC1C(C)CCCCCCCCCCCCCCCC(OC)C(C)CCCCCCCCCCCCCCCCCC. The van der Waals surface area contributed by atoms with Crippen molar-refractivity contribution in [2.24, 2.45) is 29.6 Å². The third-order valence-electron chi connectivity index (χ3n) is 26.7. The van der Waals surface area contributed by atoms with E-state index in [-0.39, 0.29) is 0 Å². The number of esters is 1. The molecule has 0 spiro atoms. The first-order chi connectivity index (χ1) is 54.8. The van der Waals surface area contributed by atoms with Crippen molar-refractivity contribution in [1.82, 2.24) is 0 Å². The van der Waals surface area contributed by atoms with Crippen LogP contribution in [0.5, 0.6) is 0 Å². The number of ether oxygens (including phenoxy) is 5. The Morgan fingerprint density at radius 3 is 0.973 bits per heavy atom. The van der Waals surface area contributed by atoms with Gasteiger partial charge in [-0.05, 0) is 55.8 Å². The predicted molar refractivity (Wildman–Crippen MR) is 466 cm³/mol. The highest BCUT2D eigenvalue weighted by Gasteiger charge is 2.50. The summed E-state index contributed by atoms with van der Waals surface area (Å²) in [5, 5.41) is 84.8. The molecule has 14 heteroatoms. The molecule has 1 saturated carbocycles. The monoisotopic (exact) mass is 1590 g/mol. The second-order valence-corrected chi connectivity index (χ2v) is 36.9. The number of rotatable bonds is 84. The summed E-state index contributed by atoms with van der Waals surface area (Å²) >= 11 is 0. The fourth-order valence-corrected chi connectivity index (χ4v) is 18.6. The van der Waals surface area contributed by atoms with Crippen molar-refractivity contribution in [2.75, 3.05) is 20.3 Å². The van der Waals surface area contributed by atoms with Crippen LogP contribution in [0.3, 0.4) is 0 Å². The normalized spacial score (nSPS) is 23.4. The number of aliphatic hydroxyl groups excluding tert-OH is 8. The average Bonchev–Trinajstić information content (AvgIpc) is 1.26. The maximum absolute atomic E-state index is 13.9. The summed E-state index contributed by atoms with van der Waals surface area (Å²) in [7, 11) is 1.95. The topological polar surface area (TPSA) is 225 Å². The zero-order valence-electron chi connectivity index (χ0n) is 74.4. The van der Waals surface area contributed by atoms with Crippen molar-refractivity contribution in [2.45, 2.75) is 570 Å². The van der Waals surface area contributed by atoms with E-state index < -0.39 is 92.6 Å². The summed E-state index contributed by atoms with van der Waals surface area (Å²) in [6.07, 6.45) is 79.7. The lowest BCUT2D eigenvalue weighted by Gasteiger charge is -2.44. The molecule has 1 aliphatic carbocycles. The van der Waals surface area contributed by atoms with Crippen LogP contribution in [-0.4, -0.2) is 141 Å². The summed E-state index contributed by atoms with van der Waals surface area (Å²) in [5.74, 6) is 2.21. The number of carbonyl (C=O) groups is 1. The largest absolute Gasteiger partial charge is 0.463 e. The Kier molecular flexibility index (Phi) is 69.4. The van der Waals surface area contributed by atoms with E-state index >= 15 is 0 Å². The Balaban J connectivity index is 1.15. The number of carbonyl (C=O) groups excluding carboxylic acids is 1. The zero-order chi connectivity index (χ0) is 81.0. The van der Waals surface area contributed by atoms with E-state index in [1.807, 2.05) is 7.11 Å². The van der Waals surface area contributed by atoms with Crippen LogP contribution in [0, 0.1) is 29.6 Å². The van der Waals surface area contributed by atoms with Crippen molar-refractivity contribution >= 4 is 5.97 Å². The standard InChI is InChI=1S/C98H190O14/c1-6-8-10-12-14-16-18-20-22-24-25-26-27-28-29-30-31-33-39-45-51-57-63-69-75-84(96(107)109-80-89-91(102)93(104)95(106)98(111-89)112-97-94(105)92(103)90(101)88(79-99)110-97)86(100)76-70-64-58-52-46-40-35-38-44-50-56-62-68-74-83-78-85(83)81(3)72-66-60-54-48-42-37-34-41-47-53-59-65-71-77-87(108-5)82(4)73-67-61-55-49-43-36-32-23-21-19-17-15-13-11-9-7-2/h81-95,97-106H,6-80H2,1-5H3/t81?,82?,83?,84?,85?,86-,87?,88-,89-,90-,91-,92+,93+,94-,95-,97-,98-/m1/s1. The van der Waals surface area contributed by atoms with Crippen LogP contribution < -0.4 is 0 Å². The van der Waals surface area contributed by atoms with Crippen molar-refractivity contribution in [3.05, 3.63) is 0 Å². The van der Waals surface area contributed by atoms with Gasteiger partial charge in [0.25, 0.3) is 0 Å². The molecule has 3 aliphatic rings. The first-order valence-electron chi connectivity index (χ1n) is 49.8. The smallest absolute Gasteiger partial charge is 0.311 e. The maximum Gasteiger partial charge on any atom is 0.311 e. The molecule has 0 bridgehead atoms. The van der Waals surface area contributed by atoms with Crippen LogP contribution in [0.4, 0.5) is 0 Å². The van der Waals surface area contributed by atoms with Crippen molar-refractivity contribution in [1.29, 1.82) is 0 Å². The number of hydrogen-bond acceptors (Lipinski definition) is 14. The molecule has 0 aromatic carbocycles. The summed E-state index contributed by atoms with van der Waals surface area (Å²) < 4.78 is 28.5. The molecule has 14 nitrogen and oxygen atoms in total. The second-order valence-electron chi connectivity index (χ2n) is 36.9. The zero-order valence-corrected chi connectivity index (χ0v) is 74.4. The molecule has 2 aliphatic heterocycles. The van der Waals surface area contributed by atoms with Gasteiger partial charge in [-0.1, -0.05) is 464 Å². The molecule has 0 aromatic rings. The lowest BCUT2D eigenvalue weighted by Crippen LogP contribution is -2.63. The molecule has 2 heterocycles. The van der Waals surface area contributed by atoms with Gasteiger partial charge in [0.1, 0.15) is 55.4 Å². The Morgan fingerprint density at radius 2 is 0.634 bits per heavy atom. The average molecular weight is 1590 g/mol. The molecule has 2 saturated heterocycles. The molecule has 6 unspecified atom stereocenters. The van der Waals surface area contributed by atoms with Gasteiger partial charge in [-0.2, -0.15) is 0 Å². The van der Waals surface area contributed by atoms with Gasteiger partial charge < -0.3 is 64.5 Å². The minimum atomic E-state index is -1.83. The predicted octanol–water partition coefficient (Wildman–Crippen LogP) is 25.2. The molecular formula is C98H190O14. The van der Waals surface area contributed by atoms with Crippen molar-refractivity contribution in [3.63, 3.8) is 0 Å². The number of methoxy groups -OCH3 is 1. The molecule has 0 amide bonds. The van der Waals surface area contributed by atoms with Crippen LogP contribution in [0.25, 0.3) is 0 Å². The number of aliphatic hydroxyl groups is 8. The van der Waals surface area contributed by atoms with Gasteiger partial charge in [0.05, 0.1) is 24.7 Å². The summed E-state index contributed by atoms with van der Waals surface area (Å²) in [6.45, 7) is 8.36. The highest BCUT2D eigenvalue weighted by atomic mass is 16.8. The summed E-state index contributed by atoms with van der Waals surface area (Å²) in [4.78, 5) is 13.9. The van der Waals surface area contributed by atoms with E-state index in [1.54, 1.807) is 0 Å². The minimum Gasteiger partial charge on any atom is -0.463 e. The Labute approximate surface area is 691 Å². The molecule has 3 rings (SSSR count). The van der Waals surface area contributed by atoms with Crippen molar-refractivity contribution < 1.29 is 69.3 Å². The van der Waals surface area contributed by atoms with E-state index in [2.05, 4.69) is 27.7 Å². The maximum atomic E-state index is 13.9. The van der Waals surface area contributed by atoms with E-state index in [0.717, 1.165) is 62.7 Å². The molecule has 8 N–H and O–H groups in total. The quantitative estimate of drug-likeness (QED) is 0.0210. The summed E-state index contributed by atoms with van der Waals surface area (Å²) in [6, 6.07) is 0. The first kappa shape index (κ1) is 105. The lowest BCUT2D eigenvalue weighted by molar-refractivity contribution is -0.376. The van der Waals surface area contributed by atoms with Gasteiger partial charge in [0, 0.05) is 7.11 Å². The lowest BCUT2D eigenvalue weighted by atomic mass is 9.91. The van der Waals surface area contributed by atoms with Crippen molar-refractivity contribution in [3.8, 4) is 0 Å². The Bertz CT molecular complexity index is 2000. The molecule has 3 fully saturated rings. The van der Waals surface area contributed by atoms with E-state index in [1.165, 1.54) is 411 Å². The molecular weight excluding hydrogens is 1400 g/mol. The van der Waals surface area contributed by atoms with Crippen LogP contribution in [-0.2, 0) is 28.5 Å². The number of unbranched alkanes of at least 4 members (excludes halogenated alkanes) is 62. The molecule has 112 heavy (non-hydrogen) atoms. The summed E-state index contributed by atoms with van der Waals surface area (Å²) in [5.41, 5.74) is 0. The van der Waals surface area contributed by atoms with Crippen LogP contribution in [0.2, 0.25) is 0 Å². The second kappa shape index (κ2) is 73.9. The molecule has 0 aromatic heterocycles. The van der Waals surface area contributed by atoms with Gasteiger partial charge in [-0.3, -0.25) is 4.79 Å². The molecule has 666 valence electrons. The van der Waals surface area contributed by atoms with Crippen LogP contribution in [0.15, 0.2) is 0 Å². The fraction of sp³-hybridized carbons (Fsp3) is 0.990.